The van der Waals surface area contributed by atoms with Crippen molar-refractivity contribution in [2.24, 2.45) is 0 Å². The van der Waals surface area contributed by atoms with Crippen molar-refractivity contribution in [1.82, 2.24) is 9.97 Å². The molecule has 2 heterocycles. The predicted octanol–water partition coefficient (Wildman–Crippen LogP) is 4.21. The van der Waals surface area contributed by atoms with Gasteiger partial charge in [-0.15, -0.1) is 0 Å². The second-order valence-electron chi connectivity index (χ2n) is 5.88. The highest BCUT2D eigenvalue weighted by Crippen LogP contribution is 2.24. The van der Waals surface area contributed by atoms with E-state index in [4.69, 9.17) is 0 Å². The summed E-state index contributed by atoms with van der Waals surface area (Å²) in [6.07, 6.45) is 2.07. The third kappa shape index (κ3) is 2.52. The van der Waals surface area contributed by atoms with Gasteiger partial charge >= 0.3 is 0 Å². The van der Waals surface area contributed by atoms with Gasteiger partial charge in [-0.1, -0.05) is 36.4 Å². The molecule has 0 bridgehead atoms. The first-order valence-electron chi connectivity index (χ1n) is 7.92. The fourth-order valence-corrected chi connectivity index (χ4v) is 3.12. The van der Waals surface area contributed by atoms with Gasteiger partial charge in [0.15, 0.2) is 0 Å². The highest BCUT2D eigenvalue weighted by Gasteiger charge is 2.13. The van der Waals surface area contributed by atoms with Crippen molar-refractivity contribution in [3.05, 3.63) is 72.1 Å². The van der Waals surface area contributed by atoms with Crippen molar-refractivity contribution in [2.75, 3.05) is 5.32 Å². The molecule has 0 aliphatic rings. The Morgan fingerprint density at radius 2 is 1.92 bits per heavy atom. The van der Waals surface area contributed by atoms with Gasteiger partial charge in [0.1, 0.15) is 0 Å². The number of pyridine rings is 1. The normalized spacial score (nSPS) is 11.0. The molecule has 4 aromatic rings. The maximum absolute atomic E-state index is 12.6. The molecule has 0 radical (unpaired) electrons. The molecule has 1 amide bonds. The Bertz CT molecular complexity index is 1040. The lowest BCUT2D eigenvalue weighted by atomic mass is 10.1. The van der Waals surface area contributed by atoms with E-state index in [1.807, 2.05) is 61.5 Å². The van der Waals surface area contributed by atoms with Crippen LogP contribution in [-0.2, 0) is 11.2 Å². The van der Waals surface area contributed by atoms with Crippen LogP contribution in [0.5, 0.6) is 0 Å². The number of rotatable bonds is 3. The number of carbonyl (C=O) groups is 1. The largest absolute Gasteiger partial charge is 0.358 e. The fraction of sp³-hybridized carbons (Fsp3) is 0.100. The Balaban J connectivity index is 1.63. The van der Waals surface area contributed by atoms with E-state index in [1.165, 1.54) is 0 Å². The molecule has 24 heavy (non-hydrogen) atoms. The van der Waals surface area contributed by atoms with Crippen molar-refractivity contribution in [2.45, 2.75) is 13.3 Å². The third-order valence-electron chi connectivity index (χ3n) is 4.27. The van der Waals surface area contributed by atoms with Crippen molar-refractivity contribution < 1.29 is 4.79 Å². The van der Waals surface area contributed by atoms with E-state index in [-0.39, 0.29) is 5.91 Å². The van der Waals surface area contributed by atoms with Crippen LogP contribution in [0.1, 0.15) is 11.3 Å². The summed E-state index contributed by atoms with van der Waals surface area (Å²) in [7, 11) is 0. The first kappa shape index (κ1) is 14.5. The van der Waals surface area contributed by atoms with Crippen molar-refractivity contribution >= 4 is 33.4 Å². The van der Waals surface area contributed by atoms with Gasteiger partial charge in [-0.2, -0.15) is 0 Å². The number of para-hydroxylation sites is 2. The van der Waals surface area contributed by atoms with E-state index in [0.29, 0.717) is 6.42 Å². The number of fused-ring (bicyclic) bond motifs is 2. The number of nitrogens with one attached hydrogen (secondary N) is 2. The topological polar surface area (TPSA) is 57.8 Å². The smallest absolute Gasteiger partial charge is 0.228 e. The van der Waals surface area contributed by atoms with E-state index in [9.17, 15) is 4.79 Å². The van der Waals surface area contributed by atoms with E-state index in [0.717, 1.165) is 38.8 Å². The fourth-order valence-electron chi connectivity index (χ4n) is 3.12. The summed E-state index contributed by atoms with van der Waals surface area (Å²) in [5.41, 5.74) is 4.68. The molecule has 0 aliphatic carbocycles. The molecule has 0 aliphatic heterocycles. The molecule has 4 nitrogen and oxygen atoms in total. The molecule has 2 aromatic heterocycles. The molecular weight excluding hydrogens is 298 g/mol. The van der Waals surface area contributed by atoms with Crippen LogP contribution in [0.3, 0.4) is 0 Å². The monoisotopic (exact) mass is 315 g/mol. The van der Waals surface area contributed by atoms with Crippen LogP contribution < -0.4 is 5.32 Å². The molecule has 4 rings (SSSR count). The van der Waals surface area contributed by atoms with Gasteiger partial charge in [0.2, 0.25) is 5.91 Å². The number of hydrogen-bond donors (Lipinski definition) is 2. The summed E-state index contributed by atoms with van der Waals surface area (Å²) < 4.78 is 0. The average molecular weight is 315 g/mol. The zero-order chi connectivity index (χ0) is 16.5. The zero-order valence-corrected chi connectivity index (χ0v) is 13.3. The first-order valence-corrected chi connectivity index (χ1v) is 7.92. The third-order valence-corrected chi connectivity index (χ3v) is 4.27. The van der Waals surface area contributed by atoms with Crippen molar-refractivity contribution in [1.29, 1.82) is 0 Å². The van der Waals surface area contributed by atoms with Gasteiger partial charge in [-0.25, -0.2) is 0 Å². The molecule has 2 N–H and O–H groups in total. The molecule has 0 saturated heterocycles. The number of carbonyl (C=O) groups excluding carboxylic acids is 1. The predicted molar refractivity (Wildman–Crippen MR) is 97.1 cm³/mol. The van der Waals surface area contributed by atoms with Crippen LogP contribution in [0, 0.1) is 6.92 Å². The van der Waals surface area contributed by atoms with Crippen LogP contribution in [0.4, 0.5) is 5.69 Å². The lowest BCUT2D eigenvalue weighted by Crippen LogP contribution is -2.15. The minimum atomic E-state index is -0.0407. The van der Waals surface area contributed by atoms with Crippen molar-refractivity contribution in [3.63, 3.8) is 0 Å². The zero-order valence-electron chi connectivity index (χ0n) is 13.3. The number of aromatic nitrogens is 2. The number of H-pyrrole nitrogens is 1. The SMILES string of the molecule is Cc1[nH]c2ccccc2c1CC(=O)Nc1cccc2cccnc12. The molecular formula is C20H17N3O. The summed E-state index contributed by atoms with van der Waals surface area (Å²) in [4.78, 5) is 20.3. The molecule has 118 valence electrons. The van der Waals surface area contributed by atoms with Crippen LogP contribution in [0.15, 0.2) is 60.8 Å². The summed E-state index contributed by atoms with van der Waals surface area (Å²) in [5, 5.41) is 5.11. The molecule has 4 heteroatoms. The lowest BCUT2D eigenvalue weighted by molar-refractivity contribution is -0.115. The quantitative estimate of drug-likeness (QED) is 0.595. The Morgan fingerprint density at radius 1 is 1.08 bits per heavy atom. The van der Waals surface area contributed by atoms with Crippen LogP contribution in [0.25, 0.3) is 21.8 Å². The minimum absolute atomic E-state index is 0.0407. The Morgan fingerprint density at radius 3 is 2.83 bits per heavy atom. The summed E-state index contributed by atoms with van der Waals surface area (Å²) in [6, 6.07) is 17.7. The highest BCUT2D eigenvalue weighted by atomic mass is 16.1. The summed E-state index contributed by atoms with van der Waals surface area (Å²) >= 11 is 0. The van der Waals surface area contributed by atoms with E-state index >= 15 is 0 Å². The van der Waals surface area contributed by atoms with Gasteiger partial charge in [0.25, 0.3) is 0 Å². The van der Waals surface area contributed by atoms with Gasteiger partial charge in [-0.3, -0.25) is 9.78 Å². The van der Waals surface area contributed by atoms with E-state index < -0.39 is 0 Å². The molecule has 0 unspecified atom stereocenters. The highest BCUT2D eigenvalue weighted by molar-refractivity contribution is 6.02. The van der Waals surface area contributed by atoms with Gasteiger partial charge in [0.05, 0.1) is 17.6 Å². The number of benzene rings is 2. The average Bonchev–Trinajstić information content (AvgIpc) is 2.91. The molecule has 0 spiro atoms. The van der Waals surface area contributed by atoms with Gasteiger partial charge in [-0.05, 0) is 30.7 Å². The van der Waals surface area contributed by atoms with Gasteiger partial charge in [0, 0.05) is 28.2 Å². The summed E-state index contributed by atoms with van der Waals surface area (Å²) in [5.74, 6) is -0.0407. The molecule has 2 aromatic carbocycles. The van der Waals surface area contributed by atoms with Crippen LogP contribution in [0.2, 0.25) is 0 Å². The number of hydrogen-bond acceptors (Lipinski definition) is 2. The number of aromatic amines is 1. The van der Waals surface area contributed by atoms with E-state index in [2.05, 4.69) is 15.3 Å². The second-order valence-corrected chi connectivity index (χ2v) is 5.88. The maximum Gasteiger partial charge on any atom is 0.228 e. The molecule has 0 fully saturated rings. The van der Waals surface area contributed by atoms with E-state index in [1.54, 1.807) is 6.20 Å². The standard InChI is InChI=1S/C20H17N3O/c1-13-16(15-8-2-3-9-17(15)22-13)12-19(24)23-18-10-4-6-14-7-5-11-21-20(14)18/h2-11,22H,12H2,1H3,(H,23,24). The lowest BCUT2D eigenvalue weighted by Gasteiger charge is -2.08. The first-order chi connectivity index (χ1) is 11.7. The number of aryl methyl sites for hydroxylation is 1. The minimum Gasteiger partial charge on any atom is -0.358 e. The maximum atomic E-state index is 12.6. The van der Waals surface area contributed by atoms with Crippen molar-refractivity contribution in [3.8, 4) is 0 Å². The Labute approximate surface area is 139 Å². The number of amides is 1. The number of nitrogens with zero attached hydrogens (tertiary/aromatic N) is 1. The number of anilines is 1. The summed E-state index contributed by atoms with van der Waals surface area (Å²) in [6.45, 7) is 2.00. The Hall–Kier alpha value is -3.14. The Kier molecular flexibility index (Phi) is 3.50. The second kappa shape index (κ2) is 5.81. The van der Waals surface area contributed by atoms with Gasteiger partial charge < -0.3 is 10.3 Å². The molecule has 0 atom stereocenters. The van der Waals surface area contributed by atoms with Crippen LogP contribution in [-0.4, -0.2) is 15.9 Å². The molecule has 0 saturated carbocycles. The van der Waals surface area contributed by atoms with Crippen LogP contribution >= 0.6 is 0 Å².